The lowest BCUT2D eigenvalue weighted by Crippen LogP contribution is -2.15. The van der Waals surface area contributed by atoms with E-state index < -0.39 is 0 Å². The molecule has 1 aromatic heterocycles. The maximum Gasteiger partial charge on any atom is 0.106 e. The van der Waals surface area contributed by atoms with Gasteiger partial charge in [0, 0.05) is 23.0 Å². The van der Waals surface area contributed by atoms with Gasteiger partial charge in [0.25, 0.3) is 0 Å². The van der Waals surface area contributed by atoms with Crippen molar-refractivity contribution in [1.29, 1.82) is 0 Å². The van der Waals surface area contributed by atoms with Gasteiger partial charge in [-0.05, 0) is 19.4 Å². The highest BCUT2D eigenvalue weighted by Gasteiger charge is 2.06. The van der Waals surface area contributed by atoms with Gasteiger partial charge in [0.1, 0.15) is 5.82 Å². The number of nitrogens with one attached hydrogen (secondary N) is 1. The van der Waals surface area contributed by atoms with Gasteiger partial charge in [-0.15, -0.1) is 0 Å². The topological polar surface area (TPSA) is 54.7 Å². The summed E-state index contributed by atoms with van der Waals surface area (Å²) >= 11 is 6.13. The van der Waals surface area contributed by atoms with Gasteiger partial charge in [-0.25, -0.2) is 4.98 Å². The van der Waals surface area contributed by atoms with Crippen molar-refractivity contribution in [2.45, 2.75) is 25.8 Å². The third kappa shape index (κ3) is 3.08. The summed E-state index contributed by atoms with van der Waals surface area (Å²) in [6.07, 6.45) is 3.61. The van der Waals surface area contributed by atoms with E-state index in [9.17, 15) is 0 Å². The van der Waals surface area contributed by atoms with Crippen LogP contribution in [-0.4, -0.2) is 16.0 Å². The molecule has 0 saturated carbocycles. The van der Waals surface area contributed by atoms with Gasteiger partial charge in [0.2, 0.25) is 0 Å². The second kappa shape index (κ2) is 5.34. The second-order valence-corrected chi connectivity index (χ2v) is 4.65. The lowest BCUT2D eigenvalue weighted by Gasteiger charge is -2.02. The monoisotopic (exact) mass is 249 g/mol. The van der Waals surface area contributed by atoms with E-state index in [0.717, 1.165) is 34.9 Å². The number of H-pyrrole nitrogens is 1. The van der Waals surface area contributed by atoms with Gasteiger partial charge >= 0.3 is 0 Å². The highest BCUT2D eigenvalue weighted by molar-refractivity contribution is 6.33. The number of aromatic nitrogens is 2. The maximum atomic E-state index is 6.13. The fourth-order valence-corrected chi connectivity index (χ4v) is 1.91. The molecule has 1 unspecified atom stereocenters. The number of benzene rings is 1. The molecule has 4 heteroatoms. The molecule has 0 aliphatic carbocycles. The molecular formula is C13H16ClN3. The smallest absolute Gasteiger partial charge is 0.106 e. The first-order valence-electron chi connectivity index (χ1n) is 5.71. The van der Waals surface area contributed by atoms with Crippen LogP contribution >= 0.6 is 11.6 Å². The van der Waals surface area contributed by atoms with Crippen LogP contribution in [0.3, 0.4) is 0 Å². The van der Waals surface area contributed by atoms with Crippen molar-refractivity contribution in [3.8, 4) is 11.3 Å². The van der Waals surface area contributed by atoms with E-state index in [1.54, 1.807) is 0 Å². The fraction of sp³-hybridized carbons (Fsp3) is 0.308. The van der Waals surface area contributed by atoms with Crippen LogP contribution in [0.25, 0.3) is 11.3 Å². The van der Waals surface area contributed by atoms with Gasteiger partial charge < -0.3 is 10.7 Å². The van der Waals surface area contributed by atoms with E-state index in [2.05, 4.69) is 9.97 Å². The van der Waals surface area contributed by atoms with E-state index in [1.807, 2.05) is 37.4 Å². The van der Waals surface area contributed by atoms with Gasteiger partial charge in [-0.2, -0.15) is 0 Å². The Bertz CT molecular complexity index is 491. The van der Waals surface area contributed by atoms with Crippen molar-refractivity contribution in [3.05, 3.63) is 41.3 Å². The molecule has 1 aromatic carbocycles. The normalized spacial score (nSPS) is 12.6. The number of nitrogens with two attached hydrogens (primary N) is 1. The first kappa shape index (κ1) is 12.1. The molecule has 0 fully saturated rings. The zero-order chi connectivity index (χ0) is 12.3. The summed E-state index contributed by atoms with van der Waals surface area (Å²) in [5.41, 5.74) is 7.65. The molecule has 2 aromatic rings. The molecule has 90 valence electrons. The third-order valence-corrected chi connectivity index (χ3v) is 2.96. The summed E-state index contributed by atoms with van der Waals surface area (Å²) in [5.74, 6) is 0.956. The summed E-state index contributed by atoms with van der Waals surface area (Å²) in [5, 5.41) is 0.731. The summed E-state index contributed by atoms with van der Waals surface area (Å²) in [7, 11) is 0. The Labute approximate surface area is 106 Å². The van der Waals surface area contributed by atoms with Crippen molar-refractivity contribution in [1.82, 2.24) is 9.97 Å². The second-order valence-electron chi connectivity index (χ2n) is 4.24. The van der Waals surface area contributed by atoms with E-state index in [0.29, 0.717) is 0 Å². The fourth-order valence-electron chi connectivity index (χ4n) is 1.67. The molecule has 0 aliphatic heterocycles. The molecule has 2 rings (SSSR count). The van der Waals surface area contributed by atoms with Gasteiger partial charge in [0.05, 0.1) is 11.9 Å². The predicted octanol–water partition coefficient (Wildman–Crippen LogP) is 3.01. The van der Waals surface area contributed by atoms with Crippen molar-refractivity contribution < 1.29 is 0 Å². The zero-order valence-corrected chi connectivity index (χ0v) is 10.5. The lowest BCUT2D eigenvalue weighted by atomic mass is 10.2. The lowest BCUT2D eigenvalue weighted by molar-refractivity contribution is 0.652. The molecule has 0 bridgehead atoms. The molecule has 1 atom stereocenters. The average Bonchev–Trinajstić information content (AvgIpc) is 2.75. The standard InChI is InChI=1S/C13H16ClN3/c1-9(15)6-7-13-16-8-12(17-13)10-4-2-3-5-11(10)14/h2-5,8-9H,6-7,15H2,1H3,(H,16,17). The Morgan fingerprint density at radius 2 is 2.18 bits per heavy atom. The molecule has 3 nitrogen and oxygen atoms in total. The number of rotatable bonds is 4. The Balaban J connectivity index is 2.16. The Kier molecular flexibility index (Phi) is 3.82. The summed E-state index contributed by atoms with van der Waals surface area (Å²) in [4.78, 5) is 7.61. The van der Waals surface area contributed by atoms with Gasteiger partial charge in [0.15, 0.2) is 0 Å². The van der Waals surface area contributed by atoms with Crippen molar-refractivity contribution in [3.63, 3.8) is 0 Å². The quantitative estimate of drug-likeness (QED) is 0.875. The van der Waals surface area contributed by atoms with Crippen LogP contribution in [-0.2, 0) is 6.42 Å². The van der Waals surface area contributed by atoms with E-state index >= 15 is 0 Å². The predicted molar refractivity (Wildman–Crippen MR) is 71.0 cm³/mol. The highest BCUT2D eigenvalue weighted by atomic mass is 35.5. The molecule has 1 heterocycles. The zero-order valence-electron chi connectivity index (χ0n) is 9.78. The van der Waals surface area contributed by atoms with E-state index in [4.69, 9.17) is 17.3 Å². The number of hydrogen-bond donors (Lipinski definition) is 2. The minimum absolute atomic E-state index is 0.198. The van der Waals surface area contributed by atoms with Crippen molar-refractivity contribution in [2.24, 2.45) is 5.73 Å². The van der Waals surface area contributed by atoms with Gasteiger partial charge in [-0.1, -0.05) is 29.8 Å². The van der Waals surface area contributed by atoms with E-state index in [-0.39, 0.29) is 6.04 Å². The molecule has 17 heavy (non-hydrogen) atoms. The Morgan fingerprint density at radius 3 is 2.88 bits per heavy atom. The summed E-state index contributed by atoms with van der Waals surface area (Å²) in [6, 6.07) is 7.93. The molecule has 3 N–H and O–H groups in total. The molecule has 0 radical (unpaired) electrons. The van der Waals surface area contributed by atoms with Crippen LogP contribution in [0.1, 0.15) is 19.2 Å². The Hall–Kier alpha value is -1.32. The van der Waals surface area contributed by atoms with Crippen LogP contribution in [0.2, 0.25) is 5.02 Å². The molecule has 0 amide bonds. The number of halogens is 1. The number of nitrogens with zero attached hydrogens (tertiary/aromatic N) is 1. The summed E-state index contributed by atoms with van der Waals surface area (Å²) in [6.45, 7) is 2.00. The average molecular weight is 250 g/mol. The largest absolute Gasteiger partial charge is 0.342 e. The first-order valence-corrected chi connectivity index (χ1v) is 6.09. The molecule has 0 saturated heterocycles. The maximum absolute atomic E-state index is 6.13. The summed E-state index contributed by atoms with van der Waals surface area (Å²) < 4.78 is 0. The molecule has 0 spiro atoms. The number of hydrogen-bond acceptors (Lipinski definition) is 2. The van der Waals surface area contributed by atoms with Crippen molar-refractivity contribution >= 4 is 11.6 Å². The van der Waals surface area contributed by atoms with Crippen LogP contribution in [0.15, 0.2) is 30.5 Å². The first-order chi connectivity index (χ1) is 8.16. The number of aryl methyl sites for hydroxylation is 1. The highest BCUT2D eigenvalue weighted by Crippen LogP contribution is 2.25. The third-order valence-electron chi connectivity index (χ3n) is 2.63. The number of aromatic amines is 1. The van der Waals surface area contributed by atoms with Crippen molar-refractivity contribution in [2.75, 3.05) is 0 Å². The Morgan fingerprint density at radius 1 is 1.41 bits per heavy atom. The SMILES string of the molecule is CC(N)CCc1ncc(-c2ccccc2Cl)[nH]1. The number of imidazole rings is 1. The van der Waals surface area contributed by atoms with Crippen LogP contribution in [0.4, 0.5) is 0 Å². The van der Waals surface area contributed by atoms with Crippen LogP contribution in [0.5, 0.6) is 0 Å². The van der Waals surface area contributed by atoms with Crippen LogP contribution in [0, 0.1) is 0 Å². The van der Waals surface area contributed by atoms with Crippen LogP contribution < -0.4 is 5.73 Å². The van der Waals surface area contributed by atoms with Gasteiger partial charge in [-0.3, -0.25) is 0 Å². The molecular weight excluding hydrogens is 234 g/mol. The molecule has 0 aliphatic rings. The minimum Gasteiger partial charge on any atom is -0.342 e. The minimum atomic E-state index is 0.198. The van der Waals surface area contributed by atoms with E-state index in [1.165, 1.54) is 0 Å².